The molecular weight excluding hydrogens is 214 g/mol. The fourth-order valence-corrected chi connectivity index (χ4v) is 2.15. The van der Waals surface area contributed by atoms with Gasteiger partial charge in [-0.3, -0.25) is 0 Å². The second kappa shape index (κ2) is 4.11. The third-order valence-electron chi connectivity index (χ3n) is 2.94. The van der Waals surface area contributed by atoms with Crippen molar-refractivity contribution in [3.8, 4) is 0 Å². The molecular formula is C12H14F2O2. The van der Waals surface area contributed by atoms with Crippen LogP contribution in [0.5, 0.6) is 0 Å². The van der Waals surface area contributed by atoms with E-state index in [1.165, 1.54) is 12.1 Å². The Kier molecular flexibility index (Phi) is 2.95. The predicted octanol–water partition coefficient (Wildman–Crippen LogP) is 2.35. The molecule has 0 aliphatic carbocycles. The Labute approximate surface area is 92.9 Å². The first kappa shape index (κ1) is 11.5. The molecule has 1 aromatic rings. The summed E-state index contributed by atoms with van der Waals surface area (Å²) in [5.74, 6) is -1.33. The van der Waals surface area contributed by atoms with E-state index in [2.05, 4.69) is 0 Å². The van der Waals surface area contributed by atoms with Crippen LogP contribution in [0.4, 0.5) is 8.78 Å². The van der Waals surface area contributed by atoms with Crippen LogP contribution in [0.3, 0.4) is 0 Å². The van der Waals surface area contributed by atoms with Gasteiger partial charge in [-0.25, -0.2) is 8.78 Å². The summed E-state index contributed by atoms with van der Waals surface area (Å²) in [6.07, 6.45) is 0.612. The van der Waals surface area contributed by atoms with Crippen molar-refractivity contribution in [1.82, 2.24) is 0 Å². The molecule has 0 radical (unpaired) electrons. The summed E-state index contributed by atoms with van der Waals surface area (Å²) >= 11 is 0. The van der Waals surface area contributed by atoms with Gasteiger partial charge in [0.05, 0.1) is 18.3 Å². The first-order valence-electron chi connectivity index (χ1n) is 5.30. The second-order valence-electron chi connectivity index (χ2n) is 4.33. The highest BCUT2D eigenvalue weighted by atomic mass is 19.1. The Morgan fingerprint density at radius 1 is 1.31 bits per heavy atom. The summed E-state index contributed by atoms with van der Waals surface area (Å²) in [7, 11) is 0. The van der Waals surface area contributed by atoms with E-state index < -0.39 is 17.2 Å². The lowest BCUT2D eigenvalue weighted by Gasteiger charge is -2.36. The molecule has 88 valence electrons. The van der Waals surface area contributed by atoms with Gasteiger partial charge in [-0.1, -0.05) is 0 Å². The third kappa shape index (κ3) is 2.23. The summed E-state index contributed by atoms with van der Waals surface area (Å²) < 4.78 is 31.4. The topological polar surface area (TPSA) is 29.5 Å². The van der Waals surface area contributed by atoms with E-state index >= 15 is 0 Å². The number of hydrogen-bond acceptors (Lipinski definition) is 2. The minimum absolute atomic E-state index is 0.106. The normalized spacial score (nSPS) is 30.4. The lowest BCUT2D eigenvalue weighted by molar-refractivity contribution is -0.102. The molecule has 0 bridgehead atoms. The number of halogens is 2. The van der Waals surface area contributed by atoms with Crippen molar-refractivity contribution in [2.24, 2.45) is 0 Å². The Hall–Kier alpha value is -1.00. The highest BCUT2D eigenvalue weighted by molar-refractivity contribution is 5.25. The van der Waals surface area contributed by atoms with Gasteiger partial charge < -0.3 is 9.84 Å². The smallest absolute Gasteiger partial charge is 0.126 e. The summed E-state index contributed by atoms with van der Waals surface area (Å²) in [5.41, 5.74) is -0.888. The zero-order chi connectivity index (χ0) is 11.8. The molecule has 0 amide bonds. The van der Waals surface area contributed by atoms with Gasteiger partial charge in [-0.2, -0.15) is 0 Å². The average molecular weight is 228 g/mol. The Morgan fingerprint density at radius 3 is 2.50 bits per heavy atom. The average Bonchev–Trinajstić information content (AvgIpc) is 2.15. The predicted molar refractivity (Wildman–Crippen MR) is 54.9 cm³/mol. The van der Waals surface area contributed by atoms with Crippen molar-refractivity contribution in [2.45, 2.75) is 31.5 Å². The maximum Gasteiger partial charge on any atom is 0.126 e. The fourth-order valence-electron chi connectivity index (χ4n) is 2.15. The second-order valence-corrected chi connectivity index (χ2v) is 4.33. The van der Waals surface area contributed by atoms with E-state index in [0.717, 1.165) is 6.07 Å². The quantitative estimate of drug-likeness (QED) is 0.799. The van der Waals surface area contributed by atoms with Crippen LogP contribution >= 0.6 is 0 Å². The van der Waals surface area contributed by atoms with E-state index in [1.54, 1.807) is 0 Å². The molecule has 0 spiro atoms. The van der Waals surface area contributed by atoms with Crippen LogP contribution in [-0.4, -0.2) is 17.8 Å². The Morgan fingerprint density at radius 2 is 1.94 bits per heavy atom. The summed E-state index contributed by atoms with van der Waals surface area (Å²) in [6.45, 7) is 2.23. The molecule has 16 heavy (non-hydrogen) atoms. The third-order valence-corrected chi connectivity index (χ3v) is 2.94. The Bertz CT molecular complexity index is 374. The van der Waals surface area contributed by atoms with Gasteiger partial charge in [-0.05, 0) is 24.6 Å². The lowest BCUT2D eigenvalue weighted by atomic mass is 9.84. The van der Waals surface area contributed by atoms with Crippen molar-refractivity contribution in [2.75, 3.05) is 6.61 Å². The van der Waals surface area contributed by atoms with Crippen molar-refractivity contribution in [1.29, 1.82) is 0 Å². The first-order chi connectivity index (χ1) is 7.49. The Balaban J connectivity index is 2.34. The zero-order valence-electron chi connectivity index (χ0n) is 9.04. The molecule has 1 heterocycles. The standard InChI is InChI=1S/C12H14F2O2/c1-8-7-12(15,2-3-16-8)9-4-10(13)6-11(14)5-9/h4-6,8,15H,2-3,7H2,1H3. The molecule has 2 nitrogen and oxygen atoms in total. The molecule has 1 aliphatic heterocycles. The van der Waals surface area contributed by atoms with Gasteiger partial charge in [0.2, 0.25) is 0 Å². The minimum Gasteiger partial charge on any atom is -0.385 e. The van der Waals surface area contributed by atoms with Crippen molar-refractivity contribution >= 4 is 0 Å². The SMILES string of the molecule is CC1CC(O)(c2cc(F)cc(F)c2)CCO1. The van der Waals surface area contributed by atoms with E-state index in [1.807, 2.05) is 6.92 Å². The largest absolute Gasteiger partial charge is 0.385 e. The fraction of sp³-hybridized carbons (Fsp3) is 0.500. The van der Waals surface area contributed by atoms with Crippen LogP contribution in [0.2, 0.25) is 0 Å². The van der Waals surface area contributed by atoms with E-state index in [0.29, 0.717) is 25.0 Å². The van der Waals surface area contributed by atoms with Gasteiger partial charge in [0.1, 0.15) is 11.6 Å². The molecule has 2 unspecified atom stereocenters. The lowest BCUT2D eigenvalue weighted by Crippen LogP contribution is -2.37. The zero-order valence-corrected chi connectivity index (χ0v) is 9.04. The molecule has 1 aliphatic rings. The molecule has 1 saturated heterocycles. The first-order valence-corrected chi connectivity index (χ1v) is 5.30. The highest BCUT2D eigenvalue weighted by Crippen LogP contribution is 2.35. The molecule has 0 saturated carbocycles. The summed E-state index contributed by atoms with van der Waals surface area (Å²) in [5, 5.41) is 10.3. The van der Waals surface area contributed by atoms with Gasteiger partial charge in [0.15, 0.2) is 0 Å². The minimum atomic E-state index is -1.18. The van der Waals surface area contributed by atoms with Crippen LogP contribution in [-0.2, 0) is 10.3 Å². The van der Waals surface area contributed by atoms with Crippen LogP contribution in [0.1, 0.15) is 25.3 Å². The van der Waals surface area contributed by atoms with Gasteiger partial charge in [-0.15, -0.1) is 0 Å². The van der Waals surface area contributed by atoms with Gasteiger partial charge in [0.25, 0.3) is 0 Å². The molecule has 1 aromatic carbocycles. The number of ether oxygens (including phenoxy) is 1. The number of hydrogen-bond donors (Lipinski definition) is 1. The van der Waals surface area contributed by atoms with Crippen molar-refractivity contribution < 1.29 is 18.6 Å². The van der Waals surface area contributed by atoms with E-state index in [-0.39, 0.29) is 6.10 Å². The van der Waals surface area contributed by atoms with Gasteiger partial charge >= 0.3 is 0 Å². The monoisotopic (exact) mass is 228 g/mol. The molecule has 4 heteroatoms. The number of aliphatic hydroxyl groups is 1. The summed E-state index contributed by atoms with van der Waals surface area (Å²) in [4.78, 5) is 0. The van der Waals surface area contributed by atoms with E-state index in [9.17, 15) is 13.9 Å². The van der Waals surface area contributed by atoms with Crippen LogP contribution in [0, 0.1) is 11.6 Å². The molecule has 1 fully saturated rings. The maximum absolute atomic E-state index is 13.1. The van der Waals surface area contributed by atoms with Crippen molar-refractivity contribution in [3.05, 3.63) is 35.4 Å². The van der Waals surface area contributed by atoms with Crippen LogP contribution < -0.4 is 0 Å². The van der Waals surface area contributed by atoms with Crippen LogP contribution in [0.15, 0.2) is 18.2 Å². The highest BCUT2D eigenvalue weighted by Gasteiger charge is 2.35. The molecule has 2 rings (SSSR count). The van der Waals surface area contributed by atoms with Crippen molar-refractivity contribution in [3.63, 3.8) is 0 Å². The van der Waals surface area contributed by atoms with Gasteiger partial charge in [0, 0.05) is 18.9 Å². The summed E-state index contributed by atoms with van der Waals surface area (Å²) in [6, 6.07) is 3.16. The van der Waals surface area contributed by atoms with E-state index in [4.69, 9.17) is 4.74 Å². The molecule has 2 atom stereocenters. The maximum atomic E-state index is 13.1. The number of rotatable bonds is 1. The molecule has 0 aromatic heterocycles. The number of benzene rings is 1. The molecule has 1 N–H and O–H groups in total. The van der Waals surface area contributed by atoms with Crippen LogP contribution in [0.25, 0.3) is 0 Å².